The van der Waals surface area contributed by atoms with Crippen molar-refractivity contribution in [1.29, 1.82) is 0 Å². The highest BCUT2D eigenvalue weighted by Gasteiger charge is 2.31. The number of amides is 1. The number of unbranched alkanes of at least 4 members (excludes halogenated alkanes) is 1. The minimum atomic E-state index is -0.492. The highest BCUT2D eigenvalue weighted by Crippen LogP contribution is 2.38. The van der Waals surface area contributed by atoms with E-state index in [-0.39, 0.29) is 5.91 Å². The number of carbonyl (C=O) groups excluding carboxylic acids is 1. The highest BCUT2D eigenvalue weighted by atomic mass is 35.5. The second kappa shape index (κ2) is 10.4. The van der Waals surface area contributed by atoms with Crippen LogP contribution in [-0.4, -0.2) is 30.1 Å². The van der Waals surface area contributed by atoms with Gasteiger partial charge in [-0.25, -0.2) is 4.98 Å². The van der Waals surface area contributed by atoms with E-state index >= 15 is 0 Å². The molecule has 1 aliphatic rings. The lowest BCUT2D eigenvalue weighted by Crippen LogP contribution is -2.45. The molecular formula is C25H27ClN2O3S. The first-order valence-corrected chi connectivity index (χ1v) is 12.3. The van der Waals surface area contributed by atoms with Gasteiger partial charge in [-0.3, -0.25) is 4.79 Å². The van der Waals surface area contributed by atoms with Crippen LogP contribution in [0.1, 0.15) is 38.1 Å². The van der Waals surface area contributed by atoms with Gasteiger partial charge in [-0.05, 0) is 75.1 Å². The summed E-state index contributed by atoms with van der Waals surface area (Å²) < 4.78 is 11.6. The zero-order valence-corrected chi connectivity index (χ0v) is 19.9. The molecule has 168 valence electrons. The maximum Gasteiger partial charge on any atom is 0.267 e. The van der Waals surface area contributed by atoms with Crippen LogP contribution in [0.5, 0.6) is 11.5 Å². The summed E-state index contributed by atoms with van der Waals surface area (Å²) in [5.74, 6) is 1.52. The fourth-order valence-corrected chi connectivity index (χ4v) is 4.70. The first kappa shape index (κ1) is 22.6. The molecule has 3 aromatic rings. The van der Waals surface area contributed by atoms with Crippen molar-refractivity contribution in [2.24, 2.45) is 0 Å². The van der Waals surface area contributed by atoms with E-state index in [4.69, 9.17) is 26.1 Å². The minimum Gasteiger partial charge on any atom is -0.494 e. The molecule has 0 aliphatic carbocycles. The average molecular weight is 471 g/mol. The number of rotatable bonds is 9. The van der Waals surface area contributed by atoms with Gasteiger partial charge in [0.1, 0.15) is 11.5 Å². The SMILES string of the molecule is CCCc1nc(-c2ccc3c(c2)N(CCCCOc2ccc(Cl)cc2)C(=O)C(C)O3)cs1. The molecule has 0 saturated heterocycles. The van der Waals surface area contributed by atoms with Gasteiger partial charge in [-0.15, -0.1) is 11.3 Å². The van der Waals surface area contributed by atoms with Gasteiger partial charge in [0, 0.05) is 22.5 Å². The van der Waals surface area contributed by atoms with Crippen molar-refractivity contribution in [3.8, 4) is 22.8 Å². The van der Waals surface area contributed by atoms with E-state index in [9.17, 15) is 4.79 Å². The molecule has 7 heteroatoms. The Morgan fingerprint density at radius 1 is 1.19 bits per heavy atom. The summed E-state index contributed by atoms with van der Waals surface area (Å²) in [4.78, 5) is 19.5. The molecule has 0 saturated carbocycles. The number of hydrogen-bond donors (Lipinski definition) is 0. The number of fused-ring (bicyclic) bond motifs is 1. The van der Waals surface area contributed by atoms with Crippen molar-refractivity contribution in [3.63, 3.8) is 0 Å². The number of anilines is 1. The van der Waals surface area contributed by atoms with Gasteiger partial charge in [0.25, 0.3) is 5.91 Å². The summed E-state index contributed by atoms with van der Waals surface area (Å²) in [5.41, 5.74) is 2.77. The van der Waals surface area contributed by atoms with Crippen LogP contribution in [0.4, 0.5) is 5.69 Å². The number of hydrogen-bond acceptors (Lipinski definition) is 5. The van der Waals surface area contributed by atoms with Gasteiger partial charge in [-0.2, -0.15) is 0 Å². The number of benzene rings is 2. The fourth-order valence-electron chi connectivity index (χ4n) is 3.66. The van der Waals surface area contributed by atoms with E-state index in [1.807, 2.05) is 47.4 Å². The van der Waals surface area contributed by atoms with Gasteiger partial charge in [0.2, 0.25) is 0 Å². The zero-order chi connectivity index (χ0) is 22.5. The molecule has 1 amide bonds. The normalized spacial score (nSPS) is 15.4. The number of thiazole rings is 1. The van der Waals surface area contributed by atoms with Gasteiger partial charge in [-0.1, -0.05) is 18.5 Å². The molecule has 1 aliphatic heterocycles. The summed E-state index contributed by atoms with van der Waals surface area (Å²) in [6.45, 7) is 5.16. The smallest absolute Gasteiger partial charge is 0.267 e. The van der Waals surface area contributed by atoms with Crippen LogP contribution >= 0.6 is 22.9 Å². The zero-order valence-electron chi connectivity index (χ0n) is 18.3. The summed E-state index contributed by atoms with van der Waals surface area (Å²) in [7, 11) is 0. The Morgan fingerprint density at radius 3 is 2.78 bits per heavy atom. The molecule has 2 aromatic carbocycles. The molecule has 0 spiro atoms. The number of aromatic nitrogens is 1. The molecule has 0 N–H and O–H groups in total. The van der Waals surface area contributed by atoms with Crippen LogP contribution < -0.4 is 14.4 Å². The van der Waals surface area contributed by atoms with Gasteiger partial charge >= 0.3 is 0 Å². The Labute approximate surface area is 198 Å². The second-order valence-electron chi connectivity index (χ2n) is 7.82. The van der Waals surface area contributed by atoms with Crippen LogP contribution in [0.15, 0.2) is 47.8 Å². The van der Waals surface area contributed by atoms with Crippen molar-refractivity contribution in [2.75, 3.05) is 18.1 Å². The van der Waals surface area contributed by atoms with E-state index in [0.717, 1.165) is 59.1 Å². The van der Waals surface area contributed by atoms with E-state index in [0.29, 0.717) is 18.2 Å². The Hall–Kier alpha value is -2.57. The predicted octanol–water partition coefficient (Wildman–Crippen LogP) is 6.39. The summed E-state index contributed by atoms with van der Waals surface area (Å²) in [6.07, 6.45) is 3.23. The summed E-state index contributed by atoms with van der Waals surface area (Å²) in [6, 6.07) is 13.3. The quantitative estimate of drug-likeness (QED) is 0.340. The summed E-state index contributed by atoms with van der Waals surface area (Å²) >= 11 is 7.59. The maximum absolute atomic E-state index is 12.9. The molecule has 2 heterocycles. The number of carbonyl (C=O) groups is 1. The van der Waals surface area contributed by atoms with Crippen LogP contribution in [0.2, 0.25) is 5.02 Å². The maximum atomic E-state index is 12.9. The minimum absolute atomic E-state index is 0.0155. The predicted molar refractivity (Wildman–Crippen MR) is 130 cm³/mol. The fraction of sp³-hybridized carbons (Fsp3) is 0.360. The largest absolute Gasteiger partial charge is 0.494 e. The third kappa shape index (κ3) is 5.25. The van der Waals surface area contributed by atoms with Crippen LogP contribution in [0, 0.1) is 0 Å². The monoisotopic (exact) mass is 470 g/mol. The number of halogens is 1. The first-order valence-electron chi connectivity index (χ1n) is 11.0. The van der Waals surface area contributed by atoms with Crippen molar-refractivity contribution in [1.82, 2.24) is 4.98 Å². The third-order valence-corrected chi connectivity index (χ3v) is 6.50. The molecule has 32 heavy (non-hydrogen) atoms. The molecule has 0 bridgehead atoms. The van der Waals surface area contributed by atoms with E-state index in [2.05, 4.69) is 12.3 Å². The van der Waals surface area contributed by atoms with Crippen LogP contribution in [-0.2, 0) is 11.2 Å². The lowest BCUT2D eigenvalue weighted by atomic mass is 10.1. The lowest BCUT2D eigenvalue weighted by Gasteiger charge is -2.33. The van der Waals surface area contributed by atoms with Gasteiger partial charge < -0.3 is 14.4 Å². The van der Waals surface area contributed by atoms with Crippen molar-refractivity contribution in [2.45, 2.75) is 45.6 Å². The molecule has 1 unspecified atom stereocenters. The number of ether oxygens (including phenoxy) is 2. The third-order valence-electron chi connectivity index (χ3n) is 5.34. The van der Waals surface area contributed by atoms with Gasteiger partial charge in [0.15, 0.2) is 6.10 Å². The molecule has 4 rings (SSSR count). The van der Waals surface area contributed by atoms with Crippen LogP contribution in [0.3, 0.4) is 0 Å². The summed E-state index contributed by atoms with van der Waals surface area (Å²) in [5, 5.41) is 3.91. The number of nitrogens with zero attached hydrogens (tertiary/aromatic N) is 2. The van der Waals surface area contributed by atoms with E-state index in [1.54, 1.807) is 18.3 Å². The Balaban J connectivity index is 1.42. The lowest BCUT2D eigenvalue weighted by molar-refractivity contribution is -0.125. The second-order valence-corrected chi connectivity index (χ2v) is 9.20. The number of aryl methyl sites for hydroxylation is 1. The van der Waals surface area contributed by atoms with Crippen molar-refractivity contribution in [3.05, 3.63) is 57.9 Å². The molecule has 5 nitrogen and oxygen atoms in total. The van der Waals surface area contributed by atoms with Crippen molar-refractivity contribution < 1.29 is 14.3 Å². The van der Waals surface area contributed by atoms with Gasteiger partial charge in [0.05, 0.1) is 23.0 Å². The average Bonchev–Trinajstić information content (AvgIpc) is 3.26. The highest BCUT2D eigenvalue weighted by molar-refractivity contribution is 7.09. The first-order chi connectivity index (χ1) is 15.5. The molecular weight excluding hydrogens is 444 g/mol. The molecule has 0 fully saturated rings. The Morgan fingerprint density at radius 2 is 2.00 bits per heavy atom. The van der Waals surface area contributed by atoms with Crippen LogP contribution in [0.25, 0.3) is 11.3 Å². The molecule has 1 aromatic heterocycles. The Bertz CT molecular complexity index is 1070. The van der Waals surface area contributed by atoms with E-state index in [1.165, 1.54) is 0 Å². The van der Waals surface area contributed by atoms with E-state index < -0.39 is 6.10 Å². The standard InChI is InChI=1S/C25H27ClN2O3S/c1-3-6-24-27-21(16-32-24)18-7-12-23-22(15-18)28(25(29)17(2)31-23)13-4-5-14-30-20-10-8-19(26)9-11-20/h7-12,15-17H,3-6,13-14H2,1-2H3. The Kier molecular flexibility index (Phi) is 7.33. The topological polar surface area (TPSA) is 51.7 Å². The van der Waals surface area contributed by atoms with Crippen molar-refractivity contribution >= 4 is 34.5 Å². The molecule has 1 atom stereocenters. The molecule has 0 radical (unpaired) electrons.